The van der Waals surface area contributed by atoms with Crippen LogP contribution in [0.4, 0.5) is 5.69 Å². The molecule has 1 amide bonds. The minimum atomic E-state index is -0.620. The molecule has 0 fully saturated rings. The van der Waals surface area contributed by atoms with Crippen LogP contribution in [0.5, 0.6) is 11.5 Å². The molecule has 3 rings (SSSR count). The van der Waals surface area contributed by atoms with E-state index in [9.17, 15) is 9.59 Å². The predicted octanol–water partition coefficient (Wildman–Crippen LogP) is 3.17. The Morgan fingerprint density at radius 1 is 1.17 bits per heavy atom. The fourth-order valence-electron chi connectivity index (χ4n) is 2.11. The van der Waals surface area contributed by atoms with Gasteiger partial charge in [-0.3, -0.25) is 4.79 Å². The first-order valence-electron chi connectivity index (χ1n) is 7.16. The van der Waals surface area contributed by atoms with Crippen molar-refractivity contribution in [3.05, 3.63) is 52.5 Å². The molecular weight excluding hydrogens is 334 g/mol. The summed E-state index contributed by atoms with van der Waals surface area (Å²) in [4.78, 5) is 23.8. The van der Waals surface area contributed by atoms with Crippen molar-refractivity contribution in [1.82, 2.24) is 0 Å². The Hall–Kier alpha value is -2.73. The molecule has 24 heavy (non-hydrogen) atoms. The first-order chi connectivity index (χ1) is 11.5. The van der Waals surface area contributed by atoms with Gasteiger partial charge in [-0.05, 0) is 42.8 Å². The molecule has 0 atom stereocenters. The lowest BCUT2D eigenvalue weighted by atomic mass is 10.2. The van der Waals surface area contributed by atoms with Gasteiger partial charge in [0.1, 0.15) is 0 Å². The lowest BCUT2D eigenvalue weighted by molar-refractivity contribution is -0.119. The van der Waals surface area contributed by atoms with Gasteiger partial charge in [-0.25, -0.2) is 4.79 Å². The Bertz CT molecular complexity index is 806. The van der Waals surface area contributed by atoms with Crippen molar-refractivity contribution in [2.24, 2.45) is 0 Å². The van der Waals surface area contributed by atoms with Crippen LogP contribution in [0.15, 0.2) is 36.4 Å². The number of fused-ring (bicyclic) bond motifs is 1. The highest BCUT2D eigenvalue weighted by Gasteiger charge is 2.17. The van der Waals surface area contributed by atoms with E-state index in [0.717, 1.165) is 5.56 Å². The first kappa shape index (κ1) is 16.1. The van der Waals surface area contributed by atoms with E-state index in [2.05, 4.69) is 5.32 Å². The molecule has 0 radical (unpaired) electrons. The van der Waals surface area contributed by atoms with E-state index in [-0.39, 0.29) is 12.4 Å². The quantitative estimate of drug-likeness (QED) is 0.860. The molecule has 0 unspecified atom stereocenters. The smallest absolute Gasteiger partial charge is 0.338 e. The Kier molecular flexibility index (Phi) is 4.57. The molecule has 2 aromatic rings. The monoisotopic (exact) mass is 347 g/mol. The maximum absolute atomic E-state index is 12.0. The number of benzene rings is 2. The summed E-state index contributed by atoms with van der Waals surface area (Å²) in [5.41, 5.74) is 1.73. The molecule has 1 N–H and O–H groups in total. The van der Waals surface area contributed by atoms with Crippen molar-refractivity contribution in [2.75, 3.05) is 18.7 Å². The lowest BCUT2D eigenvalue weighted by Gasteiger charge is -2.08. The molecule has 0 aliphatic carbocycles. The molecule has 0 saturated carbocycles. The zero-order valence-electron chi connectivity index (χ0n) is 12.8. The summed E-state index contributed by atoms with van der Waals surface area (Å²) >= 11 is 5.99. The van der Waals surface area contributed by atoms with E-state index in [1.807, 2.05) is 6.92 Å². The highest BCUT2D eigenvalue weighted by molar-refractivity contribution is 6.31. The second kappa shape index (κ2) is 6.80. The molecule has 2 aromatic carbocycles. The summed E-state index contributed by atoms with van der Waals surface area (Å²) in [7, 11) is 0. The van der Waals surface area contributed by atoms with Crippen molar-refractivity contribution in [1.29, 1.82) is 0 Å². The van der Waals surface area contributed by atoms with Gasteiger partial charge < -0.3 is 19.5 Å². The largest absolute Gasteiger partial charge is 0.454 e. The molecule has 0 spiro atoms. The lowest BCUT2D eigenvalue weighted by Crippen LogP contribution is -2.20. The van der Waals surface area contributed by atoms with Gasteiger partial charge in [0, 0.05) is 10.7 Å². The normalized spacial score (nSPS) is 11.9. The van der Waals surface area contributed by atoms with Crippen LogP contribution in [0.1, 0.15) is 15.9 Å². The zero-order chi connectivity index (χ0) is 17.1. The number of anilines is 1. The number of carbonyl (C=O) groups excluding carboxylic acids is 2. The van der Waals surface area contributed by atoms with E-state index >= 15 is 0 Å². The number of esters is 1. The van der Waals surface area contributed by atoms with Crippen LogP contribution in [-0.2, 0) is 9.53 Å². The molecule has 0 bridgehead atoms. The van der Waals surface area contributed by atoms with Gasteiger partial charge in [0.25, 0.3) is 5.91 Å². The van der Waals surface area contributed by atoms with E-state index in [0.29, 0.717) is 22.2 Å². The Labute approximate surface area is 143 Å². The average molecular weight is 348 g/mol. The van der Waals surface area contributed by atoms with E-state index in [1.165, 1.54) is 6.07 Å². The highest BCUT2D eigenvalue weighted by Crippen LogP contribution is 2.32. The maximum atomic E-state index is 12.0. The summed E-state index contributed by atoms with van der Waals surface area (Å²) in [5.74, 6) is -0.0295. The number of ether oxygens (including phenoxy) is 3. The van der Waals surface area contributed by atoms with Gasteiger partial charge in [0.15, 0.2) is 18.1 Å². The van der Waals surface area contributed by atoms with Crippen molar-refractivity contribution in [2.45, 2.75) is 6.92 Å². The van der Waals surface area contributed by atoms with Crippen LogP contribution in [0, 0.1) is 6.92 Å². The molecule has 1 aliphatic rings. The second-order valence-electron chi connectivity index (χ2n) is 5.16. The van der Waals surface area contributed by atoms with Crippen molar-refractivity contribution >= 4 is 29.2 Å². The highest BCUT2D eigenvalue weighted by atomic mass is 35.5. The fraction of sp³-hybridized carbons (Fsp3) is 0.176. The van der Waals surface area contributed by atoms with Gasteiger partial charge in [-0.1, -0.05) is 17.7 Å². The third-order valence-corrected chi connectivity index (χ3v) is 3.81. The van der Waals surface area contributed by atoms with Gasteiger partial charge in [0.2, 0.25) is 6.79 Å². The summed E-state index contributed by atoms with van der Waals surface area (Å²) < 4.78 is 15.4. The Morgan fingerprint density at radius 2 is 1.96 bits per heavy atom. The van der Waals surface area contributed by atoms with Gasteiger partial charge in [-0.2, -0.15) is 0 Å². The molecule has 6 nitrogen and oxygen atoms in total. The van der Waals surface area contributed by atoms with Crippen molar-refractivity contribution < 1.29 is 23.8 Å². The topological polar surface area (TPSA) is 73.9 Å². The number of nitrogens with one attached hydrogen (secondary N) is 1. The van der Waals surface area contributed by atoms with Crippen molar-refractivity contribution in [3.8, 4) is 11.5 Å². The van der Waals surface area contributed by atoms with Gasteiger partial charge in [-0.15, -0.1) is 0 Å². The fourth-order valence-corrected chi connectivity index (χ4v) is 2.29. The third-order valence-electron chi connectivity index (χ3n) is 3.40. The molecule has 0 saturated heterocycles. The minimum absolute atomic E-state index is 0.120. The van der Waals surface area contributed by atoms with Crippen LogP contribution >= 0.6 is 11.6 Å². The Balaban J connectivity index is 1.55. The SMILES string of the molecule is Cc1ccc(NC(=O)COC(=O)c2ccc3c(c2)OCO3)cc1Cl. The number of rotatable bonds is 4. The summed E-state index contributed by atoms with van der Waals surface area (Å²) in [6.07, 6.45) is 0. The molecule has 1 heterocycles. The summed E-state index contributed by atoms with van der Waals surface area (Å²) in [6, 6.07) is 9.83. The first-order valence-corrected chi connectivity index (χ1v) is 7.53. The van der Waals surface area contributed by atoms with E-state index in [4.69, 9.17) is 25.8 Å². The predicted molar refractivity (Wildman–Crippen MR) is 87.7 cm³/mol. The van der Waals surface area contributed by atoms with Gasteiger partial charge in [0.05, 0.1) is 5.56 Å². The number of hydrogen-bond donors (Lipinski definition) is 1. The Morgan fingerprint density at radius 3 is 2.75 bits per heavy atom. The van der Waals surface area contributed by atoms with E-state index < -0.39 is 18.5 Å². The summed E-state index contributed by atoms with van der Waals surface area (Å²) in [6.45, 7) is 1.58. The van der Waals surface area contributed by atoms with Crippen molar-refractivity contribution in [3.63, 3.8) is 0 Å². The molecule has 7 heteroatoms. The molecule has 124 valence electrons. The standard InChI is InChI=1S/C17H14ClNO5/c1-10-2-4-12(7-13(10)18)19-16(20)8-22-17(21)11-3-5-14-15(6-11)24-9-23-14/h2-7H,8-9H2,1H3,(H,19,20). The molecule has 0 aromatic heterocycles. The number of carbonyl (C=O) groups is 2. The van der Waals surface area contributed by atoms with Gasteiger partial charge >= 0.3 is 5.97 Å². The van der Waals surface area contributed by atoms with E-state index in [1.54, 1.807) is 30.3 Å². The minimum Gasteiger partial charge on any atom is -0.454 e. The average Bonchev–Trinajstić information content (AvgIpc) is 3.03. The second-order valence-corrected chi connectivity index (χ2v) is 5.56. The molecule has 1 aliphatic heterocycles. The third kappa shape index (κ3) is 3.60. The molecular formula is C17H14ClNO5. The number of amides is 1. The summed E-state index contributed by atoms with van der Waals surface area (Å²) in [5, 5.41) is 3.16. The van der Waals surface area contributed by atoms with Crippen LogP contribution in [0.25, 0.3) is 0 Å². The van der Waals surface area contributed by atoms with Crippen LogP contribution in [0.2, 0.25) is 5.02 Å². The van der Waals surface area contributed by atoms with Crippen LogP contribution in [0.3, 0.4) is 0 Å². The number of halogens is 1. The zero-order valence-corrected chi connectivity index (χ0v) is 13.6. The maximum Gasteiger partial charge on any atom is 0.338 e. The van der Waals surface area contributed by atoms with Crippen LogP contribution in [-0.4, -0.2) is 25.3 Å². The number of hydrogen-bond acceptors (Lipinski definition) is 5. The number of aryl methyl sites for hydroxylation is 1. The van der Waals surface area contributed by atoms with Crippen LogP contribution < -0.4 is 14.8 Å².